The summed E-state index contributed by atoms with van der Waals surface area (Å²) in [7, 11) is 1.61. The number of methoxy groups -OCH3 is 1. The lowest BCUT2D eigenvalue weighted by Crippen LogP contribution is -2.04. The molecule has 2 N–H and O–H groups in total. The van der Waals surface area contributed by atoms with Gasteiger partial charge in [-0.15, -0.1) is 0 Å². The Morgan fingerprint density at radius 3 is 2.32 bits per heavy atom. The van der Waals surface area contributed by atoms with Gasteiger partial charge in [0.25, 0.3) is 0 Å². The molecule has 0 spiro atoms. The Hall–Kier alpha value is -3.87. The SMILES string of the molecule is COc1ccc(-c2ccc(NCc3ccc(Cl)cc3-c3ccc(C(=O)CCCC(=O)O)nc3)cc2)c(Cl)c1. The van der Waals surface area contributed by atoms with E-state index in [1.54, 1.807) is 25.4 Å². The van der Waals surface area contributed by atoms with Crippen molar-refractivity contribution in [3.05, 3.63) is 100 Å². The molecule has 0 radical (unpaired) electrons. The number of pyridine rings is 1. The largest absolute Gasteiger partial charge is 0.497 e. The summed E-state index contributed by atoms with van der Waals surface area (Å²) in [5.74, 6) is -0.381. The van der Waals surface area contributed by atoms with Gasteiger partial charge < -0.3 is 15.2 Å². The van der Waals surface area contributed by atoms with E-state index in [4.69, 9.17) is 33.0 Å². The van der Waals surface area contributed by atoms with Crippen LogP contribution in [0.3, 0.4) is 0 Å². The van der Waals surface area contributed by atoms with Crippen molar-refractivity contribution in [3.8, 4) is 28.0 Å². The number of carbonyl (C=O) groups excluding carboxylic acids is 1. The second kappa shape index (κ2) is 12.6. The lowest BCUT2D eigenvalue weighted by molar-refractivity contribution is -0.137. The van der Waals surface area contributed by atoms with E-state index >= 15 is 0 Å². The Bertz CT molecular complexity index is 1440. The molecule has 1 aromatic heterocycles. The third-order valence-electron chi connectivity index (χ3n) is 6.08. The van der Waals surface area contributed by atoms with E-state index in [9.17, 15) is 9.59 Å². The van der Waals surface area contributed by atoms with Crippen molar-refractivity contribution in [2.45, 2.75) is 25.8 Å². The number of rotatable bonds is 11. The third kappa shape index (κ3) is 6.91. The average molecular weight is 549 g/mol. The highest BCUT2D eigenvalue weighted by Crippen LogP contribution is 2.32. The molecular formula is C30H26Cl2N2O4. The predicted molar refractivity (Wildman–Crippen MR) is 151 cm³/mol. The van der Waals surface area contributed by atoms with Gasteiger partial charge >= 0.3 is 5.97 Å². The number of ether oxygens (including phenoxy) is 1. The number of nitrogens with one attached hydrogen (secondary N) is 1. The first-order valence-corrected chi connectivity index (χ1v) is 12.8. The van der Waals surface area contributed by atoms with Crippen LogP contribution in [0.25, 0.3) is 22.3 Å². The summed E-state index contributed by atoms with van der Waals surface area (Å²) in [4.78, 5) is 27.3. The molecule has 0 aliphatic carbocycles. The first-order valence-electron chi connectivity index (χ1n) is 12.0. The van der Waals surface area contributed by atoms with E-state index in [2.05, 4.69) is 10.3 Å². The van der Waals surface area contributed by atoms with Crippen LogP contribution in [0.1, 0.15) is 35.3 Å². The zero-order chi connectivity index (χ0) is 27.1. The van der Waals surface area contributed by atoms with Crippen LogP contribution < -0.4 is 10.1 Å². The van der Waals surface area contributed by atoms with E-state index in [-0.39, 0.29) is 25.0 Å². The highest BCUT2D eigenvalue weighted by molar-refractivity contribution is 6.33. The van der Waals surface area contributed by atoms with Gasteiger partial charge in [-0.05, 0) is 71.6 Å². The summed E-state index contributed by atoms with van der Waals surface area (Å²) in [5, 5.41) is 13.4. The topological polar surface area (TPSA) is 88.5 Å². The summed E-state index contributed by atoms with van der Waals surface area (Å²) >= 11 is 12.7. The number of carbonyl (C=O) groups is 2. The predicted octanol–water partition coefficient (Wildman–Crippen LogP) is 7.78. The Kier molecular flexibility index (Phi) is 9.00. The molecule has 0 bridgehead atoms. The molecule has 38 heavy (non-hydrogen) atoms. The van der Waals surface area contributed by atoms with E-state index < -0.39 is 5.97 Å². The lowest BCUT2D eigenvalue weighted by atomic mass is 10.00. The van der Waals surface area contributed by atoms with Crippen molar-refractivity contribution in [3.63, 3.8) is 0 Å². The van der Waals surface area contributed by atoms with Gasteiger partial charge in [0, 0.05) is 47.4 Å². The van der Waals surface area contributed by atoms with Gasteiger partial charge in [0.1, 0.15) is 11.4 Å². The van der Waals surface area contributed by atoms with Crippen molar-refractivity contribution >= 4 is 40.6 Å². The fraction of sp³-hybridized carbons (Fsp3) is 0.167. The Labute approximate surface area is 231 Å². The Balaban J connectivity index is 1.45. The molecule has 0 aliphatic heterocycles. The fourth-order valence-corrected chi connectivity index (χ4v) is 4.49. The zero-order valence-electron chi connectivity index (χ0n) is 20.7. The standard InChI is InChI=1S/C30H26Cl2N2O4/c1-38-24-12-13-25(27(32)16-24)19-6-10-23(11-7-19)33-17-20-5-9-22(31)15-26(20)21-8-14-28(34-18-21)29(35)3-2-4-30(36)37/h5-16,18,33H,2-4,17H2,1H3,(H,36,37). The number of ketones is 1. The molecule has 0 unspecified atom stereocenters. The molecule has 3 aromatic carbocycles. The van der Waals surface area contributed by atoms with Gasteiger partial charge in [-0.2, -0.15) is 0 Å². The number of hydrogen-bond donors (Lipinski definition) is 2. The molecule has 4 aromatic rings. The molecule has 0 amide bonds. The number of benzene rings is 3. The quantitative estimate of drug-likeness (QED) is 0.186. The van der Waals surface area contributed by atoms with Gasteiger partial charge in [-0.1, -0.05) is 47.5 Å². The minimum absolute atomic E-state index is 0.0410. The summed E-state index contributed by atoms with van der Waals surface area (Å²) in [6.45, 7) is 0.547. The maximum atomic E-state index is 12.3. The van der Waals surface area contributed by atoms with Gasteiger partial charge in [0.05, 0.1) is 12.1 Å². The second-order valence-corrected chi connectivity index (χ2v) is 9.52. The third-order valence-corrected chi connectivity index (χ3v) is 6.63. The highest BCUT2D eigenvalue weighted by atomic mass is 35.5. The number of anilines is 1. The van der Waals surface area contributed by atoms with Crippen molar-refractivity contribution in [1.82, 2.24) is 4.98 Å². The van der Waals surface area contributed by atoms with Crippen LogP contribution >= 0.6 is 23.2 Å². The number of carboxylic acid groups (broad SMARTS) is 1. The van der Waals surface area contributed by atoms with Gasteiger partial charge in [0.15, 0.2) is 5.78 Å². The van der Waals surface area contributed by atoms with Gasteiger partial charge in [0.2, 0.25) is 0 Å². The van der Waals surface area contributed by atoms with Crippen LogP contribution in [-0.4, -0.2) is 29.0 Å². The molecule has 6 nitrogen and oxygen atoms in total. The Morgan fingerprint density at radius 1 is 0.895 bits per heavy atom. The number of aliphatic carboxylic acids is 1. The average Bonchev–Trinajstić information content (AvgIpc) is 2.92. The van der Waals surface area contributed by atoms with E-state index in [1.165, 1.54) is 0 Å². The number of Topliss-reactive ketones (excluding diaryl/α,β-unsaturated/α-hetero) is 1. The maximum Gasteiger partial charge on any atom is 0.303 e. The molecule has 1 heterocycles. The van der Waals surface area contributed by atoms with Crippen LogP contribution in [0.15, 0.2) is 79.0 Å². The molecule has 0 aliphatic rings. The number of aromatic nitrogens is 1. The van der Waals surface area contributed by atoms with Crippen LogP contribution in [0.4, 0.5) is 5.69 Å². The van der Waals surface area contributed by atoms with Crippen molar-refractivity contribution in [2.75, 3.05) is 12.4 Å². The maximum absolute atomic E-state index is 12.3. The molecule has 0 fully saturated rings. The second-order valence-electron chi connectivity index (χ2n) is 8.68. The summed E-state index contributed by atoms with van der Waals surface area (Å²) in [6.07, 6.45) is 2.04. The fourth-order valence-electron chi connectivity index (χ4n) is 4.04. The van der Waals surface area contributed by atoms with Crippen molar-refractivity contribution < 1.29 is 19.4 Å². The smallest absolute Gasteiger partial charge is 0.303 e. The summed E-state index contributed by atoms with van der Waals surface area (Å²) in [6, 6.07) is 22.8. The van der Waals surface area contributed by atoms with E-state index in [1.807, 2.05) is 60.7 Å². The molecule has 4 rings (SSSR count). The van der Waals surface area contributed by atoms with E-state index in [0.29, 0.717) is 28.0 Å². The summed E-state index contributed by atoms with van der Waals surface area (Å²) < 4.78 is 5.23. The minimum atomic E-state index is -0.916. The number of carboxylic acids is 1. The molecular weight excluding hydrogens is 523 g/mol. The van der Waals surface area contributed by atoms with Gasteiger partial charge in [-0.25, -0.2) is 0 Å². The van der Waals surface area contributed by atoms with Crippen LogP contribution in [0, 0.1) is 0 Å². The minimum Gasteiger partial charge on any atom is -0.497 e. The van der Waals surface area contributed by atoms with Crippen molar-refractivity contribution in [1.29, 1.82) is 0 Å². The van der Waals surface area contributed by atoms with Crippen molar-refractivity contribution in [2.24, 2.45) is 0 Å². The first-order chi connectivity index (χ1) is 18.3. The normalized spacial score (nSPS) is 10.7. The molecule has 0 saturated heterocycles. The van der Waals surface area contributed by atoms with Gasteiger partial charge in [-0.3, -0.25) is 14.6 Å². The zero-order valence-corrected chi connectivity index (χ0v) is 22.2. The summed E-state index contributed by atoms with van der Waals surface area (Å²) in [5.41, 5.74) is 5.94. The number of halogens is 2. The monoisotopic (exact) mass is 548 g/mol. The molecule has 0 atom stereocenters. The highest BCUT2D eigenvalue weighted by Gasteiger charge is 2.12. The lowest BCUT2D eigenvalue weighted by Gasteiger charge is -2.13. The molecule has 8 heteroatoms. The van der Waals surface area contributed by atoms with Crippen LogP contribution in [0.2, 0.25) is 10.0 Å². The number of hydrogen-bond acceptors (Lipinski definition) is 5. The molecule has 0 saturated carbocycles. The first kappa shape index (κ1) is 27.2. The Morgan fingerprint density at radius 2 is 1.66 bits per heavy atom. The van der Waals surface area contributed by atoms with Crippen LogP contribution in [-0.2, 0) is 11.3 Å². The number of nitrogens with zero attached hydrogens (tertiary/aromatic N) is 1. The van der Waals surface area contributed by atoms with E-state index in [0.717, 1.165) is 33.5 Å². The van der Waals surface area contributed by atoms with Crippen LogP contribution in [0.5, 0.6) is 5.75 Å². The molecule has 194 valence electrons.